The van der Waals surface area contributed by atoms with E-state index in [0.717, 1.165) is 13.0 Å². The van der Waals surface area contributed by atoms with Crippen LogP contribution in [-0.4, -0.2) is 15.0 Å². The van der Waals surface area contributed by atoms with Crippen molar-refractivity contribution in [2.45, 2.75) is 39.2 Å². The summed E-state index contributed by atoms with van der Waals surface area (Å²) in [5.74, 6) is 0. The Bertz CT molecular complexity index is 434. The summed E-state index contributed by atoms with van der Waals surface area (Å²) in [6, 6.07) is 10.4. The van der Waals surface area contributed by atoms with E-state index in [-0.39, 0.29) is 0 Å². The molecule has 0 saturated heterocycles. The lowest BCUT2D eigenvalue weighted by molar-refractivity contribution is 0.599. The van der Waals surface area contributed by atoms with Gasteiger partial charge in [-0.25, -0.2) is 4.68 Å². The number of hydrogen-bond donors (Lipinski definition) is 0. The lowest BCUT2D eigenvalue weighted by Crippen LogP contribution is -2.06. The predicted molar refractivity (Wildman–Crippen MR) is 68.8 cm³/mol. The highest BCUT2D eigenvalue weighted by Crippen LogP contribution is 2.08. The van der Waals surface area contributed by atoms with Crippen LogP contribution in [0.3, 0.4) is 0 Å². The van der Waals surface area contributed by atoms with Gasteiger partial charge >= 0.3 is 0 Å². The minimum Gasteiger partial charge on any atom is -0.245 e. The van der Waals surface area contributed by atoms with Crippen LogP contribution in [0.15, 0.2) is 36.5 Å². The molecule has 1 aromatic carbocycles. The minimum atomic E-state index is 0.822. The van der Waals surface area contributed by atoms with Crippen molar-refractivity contribution in [1.29, 1.82) is 0 Å². The van der Waals surface area contributed by atoms with Crippen molar-refractivity contribution in [3.8, 4) is 0 Å². The summed E-state index contributed by atoms with van der Waals surface area (Å²) in [4.78, 5) is 0. The third-order valence-corrected chi connectivity index (χ3v) is 2.91. The Hall–Kier alpha value is -1.64. The smallest absolute Gasteiger partial charge is 0.0725 e. The van der Waals surface area contributed by atoms with Crippen LogP contribution < -0.4 is 0 Å². The summed E-state index contributed by atoms with van der Waals surface area (Å²) in [5.41, 5.74) is 2.51. The molecule has 0 N–H and O–H groups in total. The van der Waals surface area contributed by atoms with Gasteiger partial charge < -0.3 is 0 Å². The molecule has 2 aromatic rings. The van der Waals surface area contributed by atoms with Crippen LogP contribution in [0.5, 0.6) is 0 Å². The Morgan fingerprint density at radius 2 is 1.94 bits per heavy atom. The van der Waals surface area contributed by atoms with Crippen molar-refractivity contribution in [3.05, 3.63) is 47.8 Å². The molecule has 2 rings (SSSR count). The van der Waals surface area contributed by atoms with Gasteiger partial charge in [0.1, 0.15) is 0 Å². The normalized spacial score (nSPS) is 10.6. The lowest BCUT2D eigenvalue weighted by atomic mass is 10.1. The molecule has 0 atom stereocenters. The van der Waals surface area contributed by atoms with Gasteiger partial charge in [-0.2, -0.15) is 0 Å². The summed E-state index contributed by atoms with van der Waals surface area (Å²) >= 11 is 0. The summed E-state index contributed by atoms with van der Waals surface area (Å²) in [5, 5.41) is 8.17. The molecule has 0 aliphatic rings. The Morgan fingerprint density at radius 1 is 1.12 bits per heavy atom. The fourth-order valence-corrected chi connectivity index (χ4v) is 1.92. The third kappa shape index (κ3) is 3.41. The van der Waals surface area contributed by atoms with Crippen molar-refractivity contribution in [3.63, 3.8) is 0 Å². The monoisotopic (exact) mass is 229 g/mol. The van der Waals surface area contributed by atoms with Crippen LogP contribution in [0.2, 0.25) is 0 Å². The number of nitrogens with zero attached hydrogens (tertiary/aromatic N) is 3. The van der Waals surface area contributed by atoms with Crippen LogP contribution in [0.25, 0.3) is 0 Å². The highest BCUT2D eigenvalue weighted by atomic mass is 15.4. The molecule has 0 fully saturated rings. The van der Waals surface area contributed by atoms with E-state index >= 15 is 0 Å². The first-order chi connectivity index (χ1) is 8.40. The van der Waals surface area contributed by atoms with E-state index in [1.165, 1.54) is 30.5 Å². The van der Waals surface area contributed by atoms with E-state index in [9.17, 15) is 0 Å². The highest BCUT2D eigenvalue weighted by molar-refractivity contribution is 5.15. The fraction of sp³-hybridized carbons (Fsp3) is 0.429. The minimum absolute atomic E-state index is 0.822. The molecule has 0 unspecified atom stereocenters. The van der Waals surface area contributed by atoms with Gasteiger partial charge in [-0.3, -0.25) is 0 Å². The first kappa shape index (κ1) is 11.8. The van der Waals surface area contributed by atoms with Gasteiger partial charge in [-0.15, -0.1) is 5.10 Å². The van der Waals surface area contributed by atoms with Gasteiger partial charge in [0.2, 0.25) is 0 Å². The van der Waals surface area contributed by atoms with E-state index in [1.807, 2.05) is 16.9 Å². The van der Waals surface area contributed by atoms with Gasteiger partial charge in [0.15, 0.2) is 0 Å². The van der Waals surface area contributed by atoms with Crippen molar-refractivity contribution < 1.29 is 0 Å². The topological polar surface area (TPSA) is 30.7 Å². The van der Waals surface area contributed by atoms with Gasteiger partial charge in [0, 0.05) is 0 Å². The van der Waals surface area contributed by atoms with Gasteiger partial charge in [0.25, 0.3) is 0 Å². The van der Waals surface area contributed by atoms with Crippen LogP contribution in [0, 0.1) is 0 Å². The molecule has 0 spiro atoms. The third-order valence-electron chi connectivity index (χ3n) is 2.91. The van der Waals surface area contributed by atoms with Gasteiger partial charge in [-0.05, 0) is 18.4 Å². The quantitative estimate of drug-likeness (QED) is 0.713. The second kappa shape index (κ2) is 6.18. The molecule has 0 saturated carbocycles. The van der Waals surface area contributed by atoms with E-state index < -0.39 is 0 Å². The zero-order valence-electron chi connectivity index (χ0n) is 10.3. The van der Waals surface area contributed by atoms with Crippen molar-refractivity contribution in [2.24, 2.45) is 0 Å². The highest BCUT2D eigenvalue weighted by Gasteiger charge is 2.03. The fourth-order valence-electron chi connectivity index (χ4n) is 1.92. The van der Waals surface area contributed by atoms with Crippen molar-refractivity contribution in [1.82, 2.24) is 15.0 Å². The SMILES string of the molecule is CCCCCc1cnnn1Cc1ccccc1. The molecule has 90 valence electrons. The zero-order valence-corrected chi connectivity index (χ0v) is 10.3. The van der Waals surface area contributed by atoms with Crippen LogP contribution >= 0.6 is 0 Å². The zero-order chi connectivity index (χ0) is 11.9. The van der Waals surface area contributed by atoms with E-state index in [4.69, 9.17) is 0 Å². The van der Waals surface area contributed by atoms with E-state index in [0.29, 0.717) is 0 Å². The molecular weight excluding hydrogens is 210 g/mol. The number of aryl methyl sites for hydroxylation is 1. The number of benzene rings is 1. The largest absolute Gasteiger partial charge is 0.245 e. The van der Waals surface area contributed by atoms with Crippen LogP contribution in [0.1, 0.15) is 37.4 Å². The standard InChI is InChI=1S/C14H19N3/c1-2-3-5-10-14-11-15-16-17(14)12-13-8-6-4-7-9-13/h4,6-9,11H,2-3,5,10,12H2,1H3. The van der Waals surface area contributed by atoms with Crippen LogP contribution in [-0.2, 0) is 13.0 Å². The Labute approximate surface area is 102 Å². The average Bonchev–Trinajstić information content (AvgIpc) is 2.79. The number of rotatable bonds is 6. The molecule has 0 radical (unpaired) electrons. The number of aromatic nitrogens is 3. The molecule has 0 bridgehead atoms. The van der Waals surface area contributed by atoms with Crippen LogP contribution in [0.4, 0.5) is 0 Å². The molecule has 1 heterocycles. The maximum absolute atomic E-state index is 4.16. The van der Waals surface area contributed by atoms with Crippen molar-refractivity contribution in [2.75, 3.05) is 0 Å². The van der Waals surface area contributed by atoms with Gasteiger partial charge in [0.05, 0.1) is 18.4 Å². The van der Waals surface area contributed by atoms with Gasteiger partial charge in [-0.1, -0.05) is 55.3 Å². The second-order valence-corrected chi connectivity index (χ2v) is 4.33. The summed E-state index contributed by atoms with van der Waals surface area (Å²) in [6.07, 6.45) is 6.71. The Kier molecular flexibility index (Phi) is 4.30. The molecule has 3 nitrogen and oxygen atoms in total. The predicted octanol–water partition coefficient (Wildman–Crippen LogP) is 3.06. The average molecular weight is 229 g/mol. The second-order valence-electron chi connectivity index (χ2n) is 4.33. The molecule has 0 amide bonds. The van der Waals surface area contributed by atoms with E-state index in [1.54, 1.807) is 0 Å². The van der Waals surface area contributed by atoms with Crippen molar-refractivity contribution >= 4 is 0 Å². The molecule has 0 aliphatic heterocycles. The summed E-state index contributed by atoms with van der Waals surface area (Å²) in [7, 11) is 0. The maximum Gasteiger partial charge on any atom is 0.0725 e. The molecule has 1 aromatic heterocycles. The number of unbranched alkanes of at least 4 members (excludes halogenated alkanes) is 2. The number of hydrogen-bond acceptors (Lipinski definition) is 2. The lowest BCUT2D eigenvalue weighted by Gasteiger charge is -2.05. The first-order valence-electron chi connectivity index (χ1n) is 6.31. The first-order valence-corrected chi connectivity index (χ1v) is 6.31. The maximum atomic E-state index is 4.16. The molecule has 17 heavy (non-hydrogen) atoms. The molecular formula is C14H19N3. The summed E-state index contributed by atoms with van der Waals surface area (Å²) in [6.45, 7) is 3.04. The Balaban J connectivity index is 1.99. The Morgan fingerprint density at radius 3 is 2.71 bits per heavy atom. The van der Waals surface area contributed by atoms with E-state index in [2.05, 4.69) is 41.5 Å². The summed E-state index contributed by atoms with van der Waals surface area (Å²) < 4.78 is 2.00. The molecule has 0 aliphatic carbocycles. The molecule has 3 heteroatoms.